The standard InChI is InChI=1S/C14H19FO3/c1-2-18-14(7-9-17-10-8-14)13(16)11-5-3-4-6-12(11)15/h3-6,13,16H,2,7-10H2,1H3. The molecule has 1 aromatic rings. The second-order valence-corrected chi connectivity index (χ2v) is 4.53. The molecule has 0 bridgehead atoms. The minimum absolute atomic E-state index is 0.299. The summed E-state index contributed by atoms with van der Waals surface area (Å²) in [5, 5.41) is 10.5. The summed E-state index contributed by atoms with van der Waals surface area (Å²) in [6.45, 7) is 3.44. The number of aliphatic hydroxyl groups is 1. The van der Waals surface area contributed by atoms with Gasteiger partial charge in [0.15, 0.2) is 0 Å². The van der Waals surface area contributed by atoms with Crippen LogP contribution in [0.2, 0.25) is 0 Å². The summed E-state index contributed by atoms with van der Waals surface area (Å²) < 4.78 is 24.8. The number of ether oxygens (including phenoxy) is 2. The van der Waals surface area contributed by atoms with Gasteiger partial charge < -0.3 is 14.6 Å². The SMILES string of the molecule is CCOC1(C(O)c2ccccc2F)CCOCC1. The van der Waals surface area contributed by atoms with E-state index in [0.717, 1.165) is 0 Å². The van der Waals surface area contributed by atoms with Gasteiger partial charge in [-0.25, -0.2) is 4.39 Å². The maximum absolute atomic E-state index is 13.8. The molecule has 1 heterocycles. The van der Waals surface area contributed by atoms with E-state index in [9.17, 15) is 9.50 Å². The highest BCUT2D eigenvalue weighted by atomic mass is 19.1. The molecule has 1 fully saturated rings. The van der Waals surface area contributed by atoms with Crippen molar-refractivity contribution in [1.29, 1.82) is 0 Å². The fourth-order valence-electron chi connectivity index (χ4n) is 2.48. The normalized spacial score (nSPS) is 20.6. The number of hydrogen-bond acceptors (Lipinski definition) is 3. The minimum atomic E-state index is -0.956. The van der Waals surface area contributed by atoms with E-state index in [1.165, 1.54) is 6.07 Å². The average molecular weight is 254 g/mol. The Bertz CT molecular complexity index is 383. The Hall–Kier alpha value is -0.970. The predicted octanol–water partition coefficient (Wildman–Crippen LogP) is 2.44. The second kappa shape index (κ2) is 5.78. The van der Waals surface area contributed by atoms with E-state index in [0.29, 0.717) is 38.2 Å². The largest absolute Gasteiger partial charge is 0.385 e. The van der Waals surface area contributed by atoms with Crippen LogP contribution in [0, 0.1) is 5.82 Å². The van der Waals surface area contributed by atoms with Crippen LogP contribution >= 0.6 is 0 Å². The molecule has 18 heavy (non-hydrogen) atoms. The Morgan fingerprint density at radius 2 is 2.06 bits per heavy atom. The predicted molar refractivity (Wildman–Crippen MR) is 65.8 cm³/mol. The van der Waals surface area contributed by atoms with Crippen molar-refractivity contribution in [2.45, 2.75) is 31.5 Å². The Morgan fingerprint density at radius 1 is 1.39 bits per heavy atom. The molecule has 0 spiro atoms. The van der Waals surface area contributed by atoms with E-state index in [1.54, 1.807) is 18.2 Å². The van der Waals surface area contributed by atoms with Gasteiger partial charge in [-0.1, -0.05) is 18.2 Å². The van der Waals surface area contributed by atoms with Crippen LogP contribution in [0.25, 0.3) is 0 Å². The maximum Gasteiger partial charge on any atom is 0.129 e. The Labute approximate surface area is 107 Å². The zero-order valence-corrected chi connectivity index (χ0v) is 10.6. The number of rotatable bonds is 4. The quantitative estimate of drug-likeness (QED) is 0.897. The van der Waals surface area contributed by atoms with E-state index in [-0.39, 0.29) is 0 Å². The second-order valence-electron chi connectivity index (χ2n) is 4.53. The Balaban J connectivity index is 2.28. The zero-order valence-electron chi connectivity index (χ0n) is 10.6. The summed E-state index contributed by atoms with van der Waals surface area (Å²) in [6.07, 6.45) is 0.203. The molecule has 0 amide bonds. The van der Waals surface area contributed by atoms with Crippen LogP contribution in [0.15, 0.2) is 24.3 Å². The fourth-order valence-corrected chi connectivity index (χ4v) is 2.48. The molecule has 0 aromatic heterocycles. The van der Waals surface area contributed by atoms with Gasteiger partial charge >= 0.3 is 0 Å². The fraction of sp³-hybridized carbons (Fsp3) is 0.571. The van der Waals surface area contributed by atoms with Crippen LogP contribution in [-0.2, 0) is 9.47 Å². The lowest BCUT2D eigenvalue weighted by molar-refractivity contribution is -0.168. The molecule has 3 nitrogen and oxygen atoms in total. The molecular weight excluding hydrogens is 235 g/mol. The summed E-state index contributed by atoms with van der Waals surface area (Å²) in [5.74, 6) is -0.393. The molecule has 4 heteroatoms. The molecule has 1 N–H and O–H groups in total. The lowest BCUT2D eigenvalue weighted by Crippen LogP contribution is -2.45. The van der Waals surface area contributed by atoms with E-state index < -0.39 is 17.5 Å². The van der Waals surface area contributed by atoms with Crippen molar-refractivity contribution in [3.8, 4) is 0 Å². The molecule has 1 aliphatic rings. The molecule has 1 aliphatic heterocycles. The summed E-state index contributed by atoms with van der Waals surface area (Å²) in [6, 6.07) is 6.30. The Kier molecular flexibility index (Phi) is 4.32. The van der Waals surface area contributed by atoms with Crippen LogP contribution in [-0.4, -0.2) is 30.5 Å². The van der Waals surface area contributed by atoms with Gasteiger partial charge in [-0.05, 0) is 13.0 Å². The minimum Gasteiger partial charge on any atom is -0.385 e. The first kappa shape index (κ1) is 13.5. The van der Waals surface area contributed by atoms with Crippen molar-refractivity contribution in [2.24, 2.45) is 0 Å². The highest BCUT2D eigenvalue weighted by Crippen LogP contribution is 2.38. The van der Waals surface area contributed by atoms with Gasteiger partial charge in [0.1, 0.15) is 17.5 Å². The van der Waals surface area contributed by atoms with Crippen LogP contribution in [0.3, 0.4) is 0 Å². The molecule has 0 aliphatic carbocycles. The average Bonchev–Trinajstić information content (AvgIpc) is 2.40. The smallest absolute Gasteiger partial charge is 0.129 e. The monoisotopic (exact) mass is 254 g/mol. The number of aliphatic hydroxyl groups excluding tert-OH is 1. The summed E-state index contributed by atoms with van der Waals surface area (Å²) in [4.78, 5) is 0. The van der Waals surface area contributed by atoms with Gasteiger partial charge in [0.2, 0.25) is 0 Å². The van der Waals surface area contributed by atoms with E-state index in [1.807, 2.05) is 6.92 Å². The third-order valence-corrected chi connectivity index (χ3v) is 3.47. The number of hydrogen-bond donors (Lipinski definition) is 1. The Morgan fingerprint density at radius 3 is 2.67 bits per heavy atom. The number of halogens is 1. The van der Waals surface area contributed by atoms with Gasteiger partial charge in [-0.15, -0.1) is 0 Å². The van der Waals surface area contributed by atoms with Crippen molar-refractivity contribution in [3.63, 3.8) is 0 Å². The summed E-state index contributed by atoms with van der Waals surface area (Å²) in [7, 11) is 0. The summed E-state index contributed by atoms with van der Waals surface area (Å²) in [5.41, 5.74) is -0.428. The lowest BCUT2D eigenvalue weighted by atomic mass is 9.84. The highest BCUT2D eigenvalue weighted by molar-refractivity contribution is 5.23. The molecule has 1 atom stereocenters. The van der Waals surface area contributed by atoms with Gasteiger partial charge in [0.05, 0.1) is 0 Å². The van der Waals surface area contributed by atoms with E-state index in [2.05, 4.69) is 0 Å². The molecule has 1 unspecified atom stereocenters. The third-order valence-electron chi connectivity index (χ3n) is 3.47. The van der Waals surface area contributed by atoms with Crippen LogP contribution in [0.1, 0.15) is 31.4 Å². The van der Waals surface area contributed by atoms with Crippen molar-refractivity contribution in [3.05, 3.63) is 35.6 Å². The molecule has 1 aromatic carbocycles. The first-order valence-corrected chi connectivity index (χ1v) is 6.34. The number of benzene rings is 1. The van der Waals surface area contributed by atoms with Crippen LogP contribution in [0.5, 0.6) is 0 Å². The summed E-state index contributed by atoms with van der Waals surface area (Å²) >= 11 is 0. The van der Waals surface area contributed by atoms with Crippen LogP contribution in [0.4, 0.5) is 4.39 Å². The van der Waals surface area contributed by atoms with Crippen molar-refractivity contribution >= 4 is 0 Å². The van der Waals surface area contributed by atoms with Crippen LogP contribution < -0.4 is 0 Å². The third kappa shape index (κ3) is 2.55. The molecule has 2 rings (SSSR count). The highest BCUT2D eigenvalue weighted by Gasteiger charge is 2.42. The maximum atomic E-state index is 13.8. The van der Waals surface area contributed by atoms with E-state index in [4.69, 9.17) is 9.47 Å². The first-order valence-electron chi connectivity index (χ1n) is 6.34. The molecular formula is C14H19FO3. The lowest BCUT2D eigenvalue weighted by Gasteiger charge is -2.40. The van der Waals surface area contributed by atoms with Crippen molar-refractivity contribution in [1.82, 2.24) is 0 Å². The first-order chi connectivity index (χ1) is 8.69. The van der Waals surface area contributed by atoms with Gasteiger partial charge in [-0.2, -0.15) is 0 Å². The van der Waals surface area contributed by atoms with Gasteiger partial charge in [0, 0.05) is 38.2 Å². The van der Waals surface area contributed by atoms with Crippen molar-refractivity contribution < 1.29 is 19.0 Å². The molecule has 0 radical (unpaired) electrons. The van der Waals surface area contributed by atoms with E-state index >= 15 is 0 Å². The molecule has 100 valence electrons. The zero-order chi connectivity index (χ0) is 13.0. The molecule has 0 saturated carbocycles. The van der Waals surface area contributed by atoms with Crippen molar-refractivity contribution in [2.75, 3.05) is 19.8 Å². The topological polar surface area (TPSA) is 38.7 Å². The van der Waals surface area contributed by atoms with Gasteiger partial charge in [-0.3, -0.25) is 0 Å². The molecule has 1 saturated heterocycles. The van der Waals surface area contributed by atoms with Gasteiger partial charge in [0.25, 0.3) is 0 Å².